The van der Waals surface area contributed by atoms with E-state index in [2.05, 4.69) is 34.9 Å². The second kappa shape index (κ2) is 5.85. The first-order valence-electron chi connectivity index (χ1n) is 6.89. The summed E-state index contributed by atoms with van der Waals surface area (Å²) in [7, 11) is 1.76. The number of rotatable bonds is 5. The third-order valence-corrected chi connectivity index (χ3v) is 4.21. The van der Waals surface area contributed by atoms with E-state index < -0.39 is 0 Å². The lowest BCUT2D eigenvalue weighted by Crippen LogP contribution is -2.39. The van der Waals surface area contributed by atoms with Crippen LogP contribution in [0.2, 0.25) is 0 Å². The molecule has 1 aliphatic heterocycles. The van der Waals surface area contributed by atoms with Crippen molar-refractivity contribution in [3.63, 3.8) is 0 Å². The van der Waals surface area contributed by atoms with Crippen LogP contribution in [0, 0.1) is 0 Å². The lowest BCUT2D eigenvalue weighted by molar-refractivity contribution is 0.179. The molecule has 18 heavy (non-hydrogen) atoms. The number of ether oxygens (including phenoxy) is 1. The molecule has 1 unspecified atom stereocenters. The van der Waals surface area contributed by atoms with Crippen LogP contribution >= 0.6 is 0 Å². The minimum Gasteiger partial charge on any atom is -0.385 e. The van der Waals surface area contributed by atoms with E-state index >= 15 is 0 Å². The van der Waals surface area contributed by atoms with Crippen molar-refractivity contribution in [1.82, 2.24) is 14.9 Å². The number of hydrogen-bond acceptors (Lipinski definition) is 3. The molecule has 0 amide bonds. The fraction of sp³-hybridized carbons (Fsp3) is 0.786. The Morgan fingerprint density at radius 1 is 1.50 bits per heavy atom. The number of imidazole rings is 1. The molecule has 2 rings (SSSR count). The van der Waals surface area contributed by atoms with E-state index in [4.69, 9.17) is 4.74 Å². The van der Waals surface area contributed by atoms with Gasteiger partial charge in [-0.05, 0) is 39.3 Å². The second-order valence-electron chi connectivity index (χ2n) is 5.63. The first-order chi connectivity index (χ1) is 8.67. The van der Waals surface area contributed by atoms with Crippen LogP contribution < -0.4 is 5.32 Å². The van der Waals surface area contributed by atoms with E-state index in [-0.39, 0.29) is 5.41 Å². The summed E-state index contributed by atoms with van der Waals surface area (Å²) in [5.74, 6) is 0. The van der Waals surface area contributed by atoms with Crippen molar-refractivity contribution in [2.75, 3.05) is 26.8 Å². The zero-order valence-corrected chi connectivity index (χ0v) is 11.8. The van der Waals surface area contributed by atoms with Gasteiger partial charge in [-0.25, -0.2) is 4.98 Å². The summed E-state index contributed by atoms with van der Waals surface area (Å²) < 4.78 is 7.51. The molecule has 102 valence electrons. The van der Waals surface area contributed by atoms with Gasteiger partial charge in [0.2, 0.25) is 0 Å². The normalized spacial score (nSPS) is 20.8. The predicted octanol–water partition coefficient (Wildman–Crippen LogP) is 2.12. The van der Waals surface area contributed by atoms with Gasteiger partial charge in [0, 0.05) is 37.1 Å². The van der Waals surface area contributed by atoms with Gasteiger partial charge in [-0.2, -0.15) is 0 Å². The smallest absolute Gasteiger partial charge is 0.0950 e. The van der Waals surface area contributed by atoms with Gasteiger partial charge < -0.3 is 14.6 Å². The number of aromatic nitrogens is 2. The van der Waals surface area contributed by atoms with Crippen molar-refractivity contribution in [2.24, 2.45) is 0 Å². The number of hydrogen-bond donors (Lipinski definition) is 1. The molecule has 1 aliphatic rings. The molecule has 2 heterocycles. The first kappa shape index (κ1) is 13.6. The molecule has 1 N–H and O–H groups in total. The van der Waals surface area contributed by atoms with Gasteiger partial charge in [-0.1, -0.05) is 6.92 Å². The fourth-order valence-corrected chi connectivity index (χ4v) is 2.79. The van der Waals surface area contributed by atoms with Gasteiger partial charge in [-0.15, -0.1) is 0 Å². The Labute approximate surface area is 110 Å². The SMILES string of the molecule is COCCC(C)n1cncc1C1(C)CCNCC1. The molecule has 4 heteroatoms. The molecule has 1 atom stereocenters. The molecule has 1 saturated heterocycles. The van der Waals surface area contributed by atoms with Crippen LogP contribution in [0.5, 0.6) is 0 Å². The minimum absolute atomic E-state index is 0.267. The van der Waals surface area contributed by atoms with Crippen molar-refractivity contribution in [3.05, 3.63) is 18.2 Å². The summed E-state index contributed by atoms with van der Waals surface area (Å²) in [6.45, 7) is 7.62. The maximum absolute atomic E-state index is 5.18. The number of nitrogens with zero attached hydrogens (tertiary/aromatic N) is 2. The molecule has 0 aliphatic carbocycles. The molecule has 0 bridgehead atoms. The highest BCUT2D eigenvalue weighted by Crippen LogP contribution is 2.34. The van der Waals surface area contributed by atoms with E-state index in [1.54, 1.807) is 7.11 Å². The molecule has 0 saturated carbocycles. The van der Waals surface area contributed by atoms with E-state index in [1.807, 2.05) is 6.33 Å². The monoisotopic (exact) mass is 251 g/mol. The van der Waals surface area contributed by atoms with Gasteiger partial charge in [0.25, 0.3) is 0 Å². The molecule has 0 radical (unpaired) electrons. The van der Waals surface area contributed by atoms with Crippen LogP contribution in [0.25, 0.3) is 0 Å². The number of nitrogens with one attached hydrogen (secondary N) is 1. The van der Waals surface area contributed by atoms with Crippen LogP contribution in [0.15, 0.2) is 12.5 Å². The topological polar surface area (TPSA) is 39.1 Å². The molecule has 4 nitrogen and oxygen atoms in total. The maximum Gasteiger partial charge on any atom is 0.0950 e. The summed E-state index contributed by atoms with van der Waals surface area (Å²) in [5, 5.41) is 3.44. The Bertz CT molecular complexity index is 369. The highest BCUT2D eigenvalue weighted by atomic mass is 16.5. The zero-order valence-electron chi connectivity index (χ0n) is 11.8. The number of methoxy groups -OCH3 is 1. The third-order valence-electron chi connectivity index (χ3n) is 4.21. The Kier molecular flexibility index (Phi) is 4.40. The van der Waals surface area contributed by atoms with Crippen molar-refractivity contribution >= 4 is 0 Å². The van der Waals surface area contributed by atoms with Crippen molar-refractivity contribution in [3.8, 4) is 0 Å². The summed E-state index contributed by atoms with van der Waals surface area (Å²) >= 11 is 0. The highest BCUT2D eigenvalue weighted by Gasteiger charge is 2.32. The van der Waals surface area contributed by atoms with E-state index in [9.17, 15) is 0 Å². The summed E-state index contributed by atoms with van der Waals surface area (Å²) in [6.07, 6.45) is 7.44. The largest absolute Gasteiger partial charge is 0.385 e. The lowest BCUT2D eigenvalue weighted by Gasteiger charge is -2.35. The minimum atomic E-state index is 0.267. The van der Waals surface area contributed by atoms with Crippen LogP contribution in [-0.2, 0) is 10.2 Å². The predicted molar refractivity (Wildman–Crippen MR) is 72.9 cm³/mol. The van der Waals surface area contributed by atoms with Crippen LogP contribution in [0.3, 0.4) is 0 Å². The summed E-state index contributed by atoms with van der Waals surface area (Å²) in [4.78, 5) is 4.37. The molecule has 1 aromatic heterocycles. The molecule has 0 aromatic carbocycles. The number of piperidine rings is 1. The average molecular weight is 251 g/mol. The standard InChI is InChI=1S/C14H25N3O/c1-12(4-9-18-3)17-11-16-10-13(17)14(2)5-7-15-8-6-14/h10-12,15H,4-9H2,1-3H3. The van der Waals surface area contributed by atoms with Crippen molar-refractivity contribution in [1.29, 1.82) is 0 Å². The lowest BCUT2D eigenvalue weighted by atomic mass is 9.78. The van der Waals surface area contributed by atoms with Gasteiger partial charge in [0.05, 0.1) is 6.33 Å². The van der Waals surface area contributed by atoms with Gasteiger partial charge in [0.15, 0.2) is 0 Å². The Hall–Kier alpha value is -0.870. The fourth-order valence-electron chi connectivity index (χ4n) is 2.79. The summed E-state index contributed by atoms with van der Waals surface area (Å²) in [6, 6.07) is 0.453. The van der Waals surface area contributed by atoms with Crippen LogP contribution in [0.4, 0.5) is 0 Å². The van der Waals surface area contributed by atoms with E-state index in [0.29, 0.717) is 6.04 Å². The maximum atomic E-state index is 5.18. The van der Waals surface area contributed by atoms with Crippen molar-refractivity contribution < 1.29 is 4.74 Å². The van der Waals surface area contributed by atoms with Gasteiger partial charge >= 0.3 is 0 Å². The zero-order chi connectivity index (χ0) is 13.0. The van der Waals surface area contributed by atoms with Gasteiger partial charge in [-0.3, -0.25) is 0 Å². The highest BCUT2D eigenvalue weighted by molar-refractivity contribution is 5.16. The van der Waals surface area contributed by atoms with Crippen LogP contribution in [-0.4, -0.2) is 36.4 Å². The van der Waals surface area contributed by atoms with E-state index in [1.165, 1.54) is 18.5 Å². The second-order valence-corrected chi connectivity index (χ2v) is 5.63. The van der Waals surface area contributed by atoms with Crippen molar-refractivity contribution in [2.45, 2.75) is 44.6 Å². The van der Waals surface area contributed by atoms with Crippen LogP contribution in [0.1, 0.15) is 44.8 Å². The molecule has 1 fully saturated rings. The Balaban J connectivity index is 2.15. The first-order valence-corrected chi connectivity index (χ1v) is 6.89. The molecule has 1 aromatic rings. The Morgan fingerprint density at radius 2 is 2.22 bits per heavy atom. The molecular formula is C14H25N3O. The third kappa shape index (κ3) is 2.75. The molecular weight excluding hydrogens is 226 g/mol. The van der Waals surface area contributed by atoms with E-state index in [0.717, 1.165) is 26.1 Å². The average Bonchev–Trinajstić information content (AvgIpc) is 2.87. The summed E-state index contributed by atoms with van der Waals surface area (Å²) in [5.41, 5.74) is 1.65. The van der Waals surface area contributed by atoms with Gasteiger partial charge in [0.1, 0.15) is 0 Å². The quantitative estimate of drug-likeness (QED) is 0.871. The Morgan fingerprint density at radius 3 is 2.89 bits per heavy atom. The molecule has 0 spiro atoms.